The van der Waals surface area contributed by atoms with Crippen LogP contribution >= 0.6 is 23.2 Å². The van der Waals surface area contributed by atoms with Crippen LogP contribution in [0.1, 0.15) is 5.56 Å². The maximum Gasteiger partial charge on any atom is 0.160 e. The van der Waals surface area contributed by atoms with Gasteiger partial charge in [0.05, 0.1) is 5.02 Å². The zero-order chi connectivity index (χ0) is 14.0. The Kier molecular flexibility index (Phi) is 4.40. The van der Waals surface area contributed by atoms with E-state index in [1.54, 1.807) is 25.2 Å². The van der Waals surface area contributed by atoms with Gasteiger partial charge in [-0.25, -0.2) is 8.78 Å². The molecule has 0 spiro atoms. The average molecular weight is 302 g/mol. The van der Waals surface area contributed by atoms with Crippen molar-refractivity contribution in [1.29, 1.82) is 0 Å². The summed E-state index contributed by atoms with van der Waals surface area (Å²) in [5, 5.41) is 3.76. The van der Waals surface area contributed by atoms with Crippen molar-refractivity contribution in [2.24, 2.45) is 0 Å². The molecule has 19 heavy (non-hydrogen) atoms. The highest BCUT2D eigenvalue weighted by Crippen LogP contribution is 2.32. The minimum atomic E-state index is -0.960. The topological polar surface area (TPSA) is 12.0 Å². The monoisotopic (exact) mass is 301 g/mol. The first-order valence-corrected chi connectivity index (χ1v) is 6.36. The van der Waals surface area contributed by atoms with Gasteiger partial charge in [0.15, 0.2) is 11.6 Å². The molecule has 0 bridgehead atoms. The van der Waals surface area contributed by atoms with Crippen molar-refractivity contribution in [3.63, 3.8) is 0 Å². The van der Waals surface area contributed by atoms with Gasteiger partial charge >= 0.3 is 0 Å². The van der Waals surface area contributed by atoms with Crippen molar-refractivity contribution in [2.45, 2.75) is 6.54 Å². The molecular weight excluding hydrogens is 291 g/mol. The van der Waals surface area contributed by atoms with E-state index < -0.39 is 11.6 Å². The third kappa shape index (κ3) is 3.06. The molecule has 0 unspecified atom stereocenters. The normalized spacial score (nSPS) is 10.8. The second-order valence-corrected chi connectivity index (χ2v) is 4.90. The second-order valence-electron chi connectivity index (χ2n) is 4.08. The predicted octanol–water partition coefficient (Wildman–Crippen LogP) is 4.66. The molecule has 0 aliphatic rings. The van der Waals surface area contributed by atoms with E-state index in [1.807, 2.05) is 0 Å². The summed E-state index contributed by atoms with van der Waals surface area (Å²) in [7, 11) is 1.80. The smallest absolute Gasteiger partial charge is 0.160 e. The van der Waals surface area contributed by atoms with Crippen molar-refractivity contribution in [2.75, 3.05) is 7.05 Å². The van der Waals surface area contributed by atoms with Crippen LogP contribution in [0.5, 0.6) is 0 Å². The van der Waals surface area contributed by atoms with E-state index >= 15 is 0 Å². The van der Waals surface area contributed by atoms with E-state index in [1.165, 1.54) is 0 Å². The molecule has 2 rings (SSSR count). The summed E-state index contributed by atoms with van der Waals surface area (Å²) in [5.74, 6) is -1.89. The molecule has 5 heteroatoms. The third-order valence-electron chi connectivity index (χ3n) is 2.73. The molecule has 0 atom stereocenters. The molecule has 0 amide bonds. The standard InChI is InChI=1S/C14H11Cl2F2N/c1-19-7-9-4-8(2-3-11(9)15)10-5-13(17)14(18)6-12(10)16/h2-6,19H,7H2,1H3. The van der Waals surface area contributed by atoms with Gasteiger partial charge in [-0.05, 0) is 42.4 Å². The van der Waals surface area contributed by atoms with Gasteiger partial charge in [-0.3, -0.25) is 0 Å². The van der Waals surface area contributed by atoms with Gasteiger partial charge in [-0.1, -0.05) is 29.3 Å². The van der Waals surface area contributed by atoms with Crippen molar-refractivity contribution in [3.8, 4) is 11.1 Å². The zero-order valence-corrected chi connectivity index (χ0v) is 11.6. The number of hydrogen-bond donors (Lipinski definition) is 1. The Morgan fingerprint density at radius 3 is 2.37 bits per heavy atom. The predicted molar refractivity (Wildman–Crippen MR) is 74.6 cm³/mol. The van der Waals surface area contributed by atoms with E-state index in [-0.39, 0.29) is 5.02 Å². The van der Waals surface area contributed by atoms with Crippen LogP contribution in [0.4, 0.5) is 8.78 Å². The summed E-state index contributed by atoms with van der Waals surface area (Å²) in [6.45, 7) is 0.577. The minimum Gasteiger partial charge on any atom is -0.316 e. The van der Waals surface area contributed by atoms with Gasteiger partial charge in [0.2, 0.25) is 0 Å². The summed E-state index contributed by atoms with van der Waals surface area (Å²) in [5.41, 5.74) is 2.00. The third-order valence-corrected chi connectivity index (χ3v) is 3.42. The van der Waals surface area contributed by atoms with Crippen LogP contribution in [0.3, 0.4) is 0 Å². The molecule has 2 aromatic rings. The van der Waals surface area contributed by atoms with Crippen molar-refractivity contribution >= 4 is 23.2 Å². The number of hydrogen-bond acceptors (Lipinski definition) is 1. The summed E-state index contributed by atoms with van der Waals surface area (Å²) < 4.78 is 26.3. The molecule has 0 saturated carbocycles. The Morgan fingerprint density at radius 2 is 1.68 bits per heavy atom. The Hall–Kier alpha value is -1.16. The van der Waals surface area contributed by atoms with Gasteiger partial charge in [0.1, 0.15) is 0 Å². The fourth-order valence-electron chi connectivity index (χ4n) is 1.81. The van der Waals surface area contributed by atoms with Crippen molar-refractivity contribution in [3.05, 3.63) is 57.6 Å². The molecule has 1 N–H and O–H groups in total. The largest absolute Gasteiger partial charge is 0.316 e. The van der Waals surface area contributed by atoms with E-state index in [2.05, 4.69) is 5.32 Å². The number of benzene rings is 2. The van der Waals surface area contributed by atoms with Crippen LogP contribution in [0.25, 0.3) is 11.1 Å². The Bertz CT molecular complexity index is 615. The fraction of sp³-hybridized carbons (Fsp3) is 0.143. The molecule has 0 aliphatic carbocycles. The molecule has 0 fully saturated rings. The zero-order valence-electron chi connectivity index (χ0n) is 10.1. The van der Waals surface area contributed by atoms with Crippen LogP contribution in [-0.4, -0.2) is 7.05 Å². The van der Waals surface area contributed by atoms with Gasteiger partial charge < -0.3 is 5.32 Å². The first-order chi connectivity index (χ1) is 9.02. The summed E-state index contributed by atoms with van der Waals surface area (Å²) in [6, 6.07) is 7.29. The van der Waals surface area contributed by atoms with E-state index in [0.29, 0.717) is 22.7 Å². The molecule has 0 aliphatic heterocycles. The van der Waals surface area contributed by atoms with Crippen LogP contribution in [0, 0.1) is 11.6 Å². The number of nitrogens with one attached hydrogen (secondary N) is 1. The number of rotatable bonds is 3. The summed E-state index contributed by atoms with van der Waals surface area (Å²) >= 11 is 12.0. The molecule has 0 saturated heterocycles. The molecule has 1 nitrogen and oxygen atoms in total. The summed E-state index contributed by atoms with van der Waals surface area (Å²) in [4.78, 5) is 0. The molecule has 100 valence electrons. The SMILES string of the molecule is CNCc1cc(-c2cc(F)c(F)cc2Cl)ccc1Cl. The van der Waals surface area contributed by atoms with E-state index in [9.17, 15) is 8.78 Å². The lowest BCUT2D eigenvalue weighted by Crippen LogP contribution is -2.05. The quantitative estimate of drug-likeness (QED) is 0.813. The fourth-order valence-corrected chi connectivity index (χ4v) is 2.26. The van der Waals surface area contributed by atoms with Gasteiger partial charge in [0, 0.05) is 17.1 Å². The Morgan fingerprint density at radius 1 is 1.00 bits per heavy atom. The van der Waals surface area contributed by atoms with Crippen molar-refractivity contribution < 1.29 is 8.78 Å². The Balaban J connectivity index is 2.53. The molecule has 0 aromatic heterocycles. The second kappa shape index (κ2) is 5.87. The molecule has 0 heterocycles. The van der Waals surface area contributed by atoms with E-state index in [4.69, 9.17) is 23.2 Å². The maximum absolute atomic E-state index is 13.3. The van der Waals surface area contributed by atoms with Crippen LogP contribution < -0.4 is 5.32 Å². The molecule has 2 aromatic carbocycles. The average Bonchev–Trinajstić information content (AvgIpc) is 2.37. The minimum absolute atomic E-state index is 0.164. The maximum atomic E-state index is 13.3. The van der Waals surface area contributed by atoms with E-state index in [0.717, 1.165) is 17.7 Å². The summed E-state index contributed by atoms with van der Waals surface area (Å²) in [6.07, 6.45) is 0. The lowest BCUT2D eigenvalue weighted by Gasteiger charge is -2.09. The van der Waals surface area contributed by atoms with Crippen molar-refractivity contribution in [1.82, 2.24) is 5.32 Å². The van der Waals surface area contributed by atoms with Crippen LogP contribution in [0.2, 0.25) is 10.0 Å². The van der Waals surface area contributed by atoms with Crippen LogP contribution in [-0.2, 0) is 6.54 Å². The molecule has 0 radical (unpaired) electrons. The number of halogens is 4. The van der Waals surface area contributed by atoms with Gasteiger partial charge in [-0.15, -0.1) is 0 Å². The van der Waals surface area contributed by atoms with Gasteiger partial charge in [-0.2, -0.15) is 0 Å². The first kappa shape index (κ1) is 14.3. The Labute approximate surface area is 120 Å². The van der Waals surface area contributed by atoms with Gasteiger partial charge in [0.25, 0.3) is 0 Å². The first-order valence-electron chi connectivity index (χ1n) is 5.61. The molecular formula is C14H11Cl2F2N. The highest BCUT2D eigenvalue weighted by atomic mass is 35.5. The highest BCUT2D eigenvalue weighted by Gasteiger charge is 2.11. The lowest BCUT2D eigenvalue weighted by atomic mass is 10.0. The lowest BCUT2D eigenvalue weighted by molar-refractivity contribution is 0.509. The van der Waals surface area contributed by atoms with Crippen LogP contribution in [0.15, 0.2) is 30.3 Å². The highest BCUT2D eigenvalue weighted by molar-refractivity contribution is 6.33.